The molecule has 1 aliphatic carbocycles. The van der Waals surface area contributed by atoms with Crippen LogP contribution in [0.25, 0.3) is 0 Å². The minimum Gasteiger partial charge on any atom is -0.507 e. The zero-order valence-electron chi connectivity index (χ0n) is 10.5. The molecular weight excluding hydrogens is 278 g/mol. The number of hydrogen-bond acceptors (Lipinski definition) is 2. The number of nitrogens with two attached hydrogens (primary N) is 1. The van der Waals surface area contributed by atoms with Gasteiger partial charge in [-0.2, -0.15) is 0 Å². The Bertz CT molecular complexity index is 436. The number of halogens is 1. The highest BCUT2D eigenvalue weighted by Gasteiger charge is 2.33. The van der Waals surface area contributed by atoms with Gasteiger partial charge in [-0.25, -0.2) is 0 Å². The molecule has 0 unspecified atom stereocenters. The maximum Gasteiger partial charge on any atom is 0.130 e. The number of aromatic hydroxyl groups is 1. The third-order valence-corrected chi connectivity index (χ3v) is 4.92. The van der Waals surface area contributed by atoms with Crippen LogP contribution in [0.2, 0.25) is 0 Å². The van der Waals surface area contributed by atoms with Gasteiger partial charge in [0, 0.05) is 5.54 Å². The second kappa shape index (κ2) is 4.62. The van der Waals surface area contributed by atoms with Gasteiger partial charge in [0.05, 0.1) is 4.47 Å². The van der Waals surface area contributed by atoms with Gasteiger partial charge < -0.3 is 10.8 Å². The van der Waals surface area contributed by atoms with Crippen molar-refractivity contribution in [1.29, 1.82) is 0 Å². The Morgan fingerprint density at radius 2 is 1.82 bits per heavy atom. The highest BCUT2D eigenvalue weighted by molar-refractivity contribution is 9.10. The van der Waals surface area contributed by atoms with Crippen LogP contribution < -0.4 is 5.73 Å². The van der Waals surface area contributed by atoms with E-state index in [0.717, 1.165) is 28.4 Å². The van der Waals surface area contributed by atoms with Gasteiger partial charge >= 0.3 is 0 Å². The first kappa shape index (κ1) is 12.9. The van der Waals surface area contributed by atoms with E-state index >= 15 is 0 Å². The van der Waals surface area contributed by atoms with E-state index in [2.05, 4.69) is 15.9 Å². The van der Waals surface area contributed by atoms with Gasteiger partial charge in [-0.1, -0.05) is 19.3 Å². The fourth-order valence-electron chi connectivity index (χ4n) is 3.14. The van der Waals surface area contributed by atoms with Crippen molar-refractivity contribution < 1.29 is 5.11 Å². The van der Waals surface area contributed by atoms with Crippen LogP contribution in [0.5, 0.6) is 5.75 Å². The monoisotopic (exact) mass is 297 g/mol. The van der Waals surface area contributed by atoms with Gasteiger partial charge in [-0.3, -0.25) is 0 Å². The largest absolute Gasteiger partial charge is 0.507 e. The first-order chi connectivity index (χ1) is 7.96. The van der Waals surface area contributed by atoms with Gasteiger partial charge in [-0.05, 0) is 65.4 Å². The zero-order valence-corrected chi connectivity index (χ0v) is 12.1. The number of aryl methyl sites for hydroxylation is 1. The molecule has 17 heavy (non-hydrogen) atoms. The Morgan fingerprint density at radius 1 is 1.24 bits per heavy atom. The second-order valence-electron chi connectivity index (χ2n) is 5.24. The van der Waals surface area contributed by atoms with Gasteiger partial charge in [-0.15, -0.1) is 0 Å². The molecule has 0 bridgehead atoms. The molecule has 94 valence electrons. The topological polar surface area (TPSA) is 46.2 Å². The summed E-state index contributed by atoms with van der Waals surface area (Å²) < 4.78 is 0.786. The number of benzene rings is 1. The van der Waals surface area contributed by atoms with E-state index in [1.807, 2.05) is 19.9 Å². The van der Waals surface area contributed by atoms with Crippen LogP contribution in [0.3, 0.4) is 0 Å². The number of phenols is 1. The molecule has 2 rings (SSSR count). The number of phenolic OH excluding ortho intramolecular Hbond substituents is 1. The van der Waals surface area contributed by atoms with Crippen LogP contribution in [0.4, 0.5) is 0 Å². The highest BCUT2D eigenvalue weighted by atomic mass is 79.9. The lowest BCUT2D eigenvalue weighted by Gasteiger charge is -2.36. The van der Waals surface area contributed by atoms with Gasteiger partial charge in [0.25, 0.3) is 0 Å². The summed E-state index contributed by atoms with van der Waals surface area (Å²) in [5, 5.41) is 9.80. The summed E-state index contributed by atoms with van der Waals surface area (Å²) in [5.41, 5.74) is 9.81. The van der Waals surface area contributed by atoms with E-state index < -0.39 is 0 Å². The third kappa shape index (κ3) is 2.23. The van der Waals surface area contributed by atoms with Crippen molar-refractivity contribution >= 4 is 15.9 Å². The van der Waals surface area contributed by atoms with Gasteiger partial charge in [0.2, 0.25) is 0 Å². The molecule has 3 heteroatoms. The van der Waals surface area contributed by atoms with Crippen molar-refractivity contribution in [2.45, 2.75) is 51.5 Å². The predicted octanol–water partition coefficient (Wildman–Crippen LogP) is 3.89. The van der Waals surface area contributed by atoms with Gasteiger partial charge in [0.15, 0.2) is 0 Å². The SMILES string of the molecule is Cc1cc(O)c(Br)c(C)c1C1(N)CCCCC1. The first-order valence-electron chi connectivity index (χ1n) is 6.24. The van der Waals surface area contributed by atoms with Crippen LogP contribution in [0.1, 0.15) is 48.8 Å². The number of hydrogen-bond donors (Lipinski definition) is 2. The Hall–Kier alpha value is -0.540. The van der Waals surface area contributed by atoms with E-state index in [4.69, 9.17) is 5.73 Å². The molecule has 1 aromatic carbocycles. The average Bonchev–Trinajstić information content (AvgIpc) is 2.26. The lowest BCUT2D eigenvalue weighted by atomic mass is 9.74. The van der Waals surface area contributed by atoms with E-state index in [1.54, 1.807) is 0 Å². The molecule has 3 N–H and O–H groups in total. The van der Waals surface area contributed by atoms with E-state index in [9.17, 15) is 5.11 Å². The molecule has 0 atom stereocenters. The fourth-order valence-corrected chi connectivity index (χ4v) is 3.45. The van der Waals surface area contributed by atoms with Crippen molar-refractivity contribution in [3.05, 3.63) is 27.2 Å². The normalized spacial score (nSPS) is 19.3. The second-order valence-corrected chi connectivity index (χ2v) is 6.04. The van der Waals surface area contributed by atoms with Crippen molar-refractivity contribution in [3.63, 3.8) is 0 Å². The molecule has 0 saturated heterocycles. The molecule has 2 nitrogen and oxygen atoms in total. The minimum atomic E-state index is -0.206. The molecule has 0 radical (unpaired) electrons. The molecule has 1 saturated carbocycles. The standard InChI is InChI=1S/C14H20BrNO/c1-9-8-11(17)13(15)10(2)12(9)14(16)6-4-3-5-7-14/h8,17H,3-7,16H2,1-2H3. The van der Waals surface area contributed by atoms with Crippen molar-refractivity contribution in [2.75, 3.05) is 0 Å². The summed E-state index contributed by atoms with van der Waals surface area (Å²) in [5.74, 6) is 0.308. The summed E-state index contributed by atoms with van der Waals surface area (Å²) in [7, 11) is 0. The van der Waals surface area contributed by atoms with E-state index in [-0.39, 0.29) is 5.54 Å². The Kier molecular flexibility index (Phi) is 3.50. The Labute approximate surface area is 111 Å². The predicted molar refractivity (Wildman–Crippen MR) is 74.2 cm³/mol. The van der Waals surface area contributed by atoms with Crippen LogP contribution in [-0.4, -0.2) is 5.11 Å². The summed E-state index contributed by atoms with van der Waals surface area (Å²) in [4.78, 5) is 0. The molecule has 1 aliphatic rings. The van der Waals surface area contributed by atoms with Crippen LogP contribution in [-0.2, 0) is 5.54 Å². The molecule has 1 aromatic rings. The highest BCUT2D eigenvalue weighted by Crippen LogP contribution is 2.42. The molecule has 0 heterocycles. The summed E-state index contributed by atoms with van der Waals surface area (Å²) in [6.07, 6.45) is 5.79. The average molecular weight is 298 g/mol. The fraction of sp³-hybridized carbons (Fsp3) is 0.571. The van der Waals surface area contributed by atoms with Crippen LogP contribution >= 0.6 is 15.9 Å². The molecule has 0 aromatic heterocycles. The quantitative estimate of drug-likeness (QED) is 0.826. The van der Waals surface area contributed by atoms with Gasteiger partial charge in [0.1, 0.15) is 5.75 Å². The van der Waals surface area contributed by atoms with Crippen LogP contribution in [0.15, 0.2) is 10.5 Å². The molecule has 0 aliphatic heterocycles. The maximum atomic E-state index is 9.80. The molecule has 1 fully saturated rings. The summed E-state index contributed by atoms with van der Waals surface area (Å²) in [6, 6.07) is 1.82. The minimum absolute atomic E-state index is 0.206. The molecule has 0 spiro atoms. The molecule has 0 amide bonds. The smallest absolute Gasteiger partial charge is 0.130 e. The third-order valence-electron chi connectivity index (χ3n) is 3.92. The molecular formula is C14H20BrNO. The van der Waals surface area contributed by atoms with Crippen molar-refractivity contribution in [2.24, 2.45) is 5.73 Å². The first-order valence-corrected chi connectivity index (χ1v) is 7.03. The van der Waals surface area contributed by atoms with Crippen molar-refractivity contribution in [1.82, 2.24) is 0 Å². The Morgan fingerprint density at radius 3 is 2.41 bits per heavy atom. The van der Waals surface area contributed by atoms with E-state index in [0.29, 0.717) is 5.75 Å². The summed E-state index contributed by atoms with van der Waals surface area (Å²) in [6.45, 7) is 4.08. The number of rotatable bonds is 1. The maximum absolute atomic E-state index is 9.80. The summed E-state index contributed by atoms with van der Waals surface area (Å²) >= 11 is 3.45. The zero-order chi connectivity index (χ0) is 12.6. The van der Waals surface area contributed by atoms with E-state index in [1.165, 1.54) is 24.8 Å². The Balaban J connectivity index is 2.54. The van der Waals surface area contributed by atoms with Crippen LogP contribution in [0, 0.1) is 13.8 Å². The lowest BCUT2D eigenvalue weighted by Crippen LogP contribution is -2.40. The lowest BCUT2D eigenvalue weighted by molar-refractivity contribution is 0.299. The van der Waals surface area contributed by atoms with Crippen molar-refractivity contribution in [3.8, 4) is 5.75 Å².